The van der Waals surface area contributed by atoms with Crippen LogP contribution in [0.2, 0.25) is 0 Å². The van der Waals surface area contributed by atoms with Crippen molar-refractivity contribution in [1.29, 1.82) is 0 Å². The Morgan fingerprint density at radius 1 is 1.18 bits per heavy atom. The number of anilines is 1. The van der Waals surface area contributed by atoms with Crippen molar-refractivity contribution in [1.82, 2.24) is 14.5 Å². The van der Waals surface area contributed by atoms with Crippen molar-refractivity contribution in [2.45, 2.75) is 25.3 Å². The molecule has 1 N–H and O–H groups in total. The zero-order chi connectivity index (χ0) is 23.3. The number of aromatic nitrogens is 2. The van der Waals surface area contributed by atoms with Crippen molar-refractivity contribution in [3.05, 3.63) is 72.3 Å². The fraction of sp³-hybridized carbons (Fsp3) is 0.269. The van der Waals surface area contributed by atoms with Crippen molar-refractivity contribution in [2.24, 2.45) is 5.41 Å². The molecule has 1 spiro atoms. The molecule has 2 aliphatic rings. The van der Waals surface area contributed by atoms with E-state index in [1.807, 2.05) is 53.4 Å². The van der Waals surface area contributed by atoms with Crippen molar-refractivity contribution < 1.29 is 14.0 Å². The summed E-state index contributed by atoms with van der Waals surface area (Å²) in [7, 11) is 0. The molecule has 1 saturated heterocycles. The normalized spacial score (nSPS) is 21.6. The van der Waals surface area contributed by atoms with E-state index in [-0.39, 0.29) is 23.3 Å². The molecule has 0 unspecified atom stereocenters. The van der Waals surface area contributed by atoms with Crippen LogP contribution in [0.15, 0.2) is 71.9 Å². The minimum Gasteiger partial charge on any atom is -0.464 e. The van der Waals surface area contributed by atoms with E-state index >= 15 is 0 Å². The zero-order valence-corrected chi connectivity index (χ0v) is 19.4. The maximum atomic E-state index is 13.1. The lowest BCUT2D eigenvalue weighted by atomic mass is 9.65. The van der Waals surface area contributed by atoms with Gasteiger partial charge in [-0.25, -0.2) is 4.98 Å². The van der Waals surface area contributed by atoms with E-state index in [2.05, 4.69) is 16.5 Å². The van der Waals surface area contributed by atoms with Gasteiger partial charge in [-0.3, -0.25) is 14.9 Å². The zero-order valence-electron chi connectivity index (χ0n) is 18.6. The van der Waals surface area contributed by atoms with Gasteiger partial charge < -0.3 is 13.9 Å². The SMILES string of the molecule is C=CC(=O)N1CCC2(CC(n3c(NC(=O)c4ccc(-c5ccco5)s4)nc4ccccc43)C2)C1. The molecule has 2 fully saturated rings. The standard InChI is InChI=1S/C26H24N4O3S/c1-2-23(31)29-12-11-26(16-29)14-17(15-26)30-19-7-4-3-6-18(19)27-25(30)28-24(32)22-10-9-21(34-22)20-8-5-13-33-20/h2-10,13,17H,1,11-12,14-16H2,(H,27,28,32). The van der Waals surface area contributed by atoms with Crippen LogP contribution in [-0.2, 0) is 4.79 Å². The lowest BCUT2D eigenvalue weighted by molar-refractivity contribution is -0.125. The molecule has 3 aromatic heterocycles. The molecule has 0 radical (unpaired) electrons. The van der Waals surface area contributed by atoms with E-state index in [0.717, 1.165) is 54.0 Å². The number of fused-ring (bicyclic) bond motifs is 1. The molecular weight excluding hydrogens is 448 g/mol. The second-order valence-corrected chi connectivity index (χ2v) is 10.2. The average molecular weight is 473 g/mol. The van der Waals surface area contributed by atoms with Crippen LogP contribution >= 0.6 is 11.3 Å². The number of nitrogens with one attached hydrogen (secondary N) is 1. The molecule has 0 bridgehead atoms. The second-order valence-electron chi connectivity index (χ2n) is 9.17. The highest BCUT2D eigenvalue weighted by atomic mass is 32.1. The third-order valence-electron chi connectivity index (χ3n) is 7.04. The first kappa shape index (κ1) is 20.9. The van der Waals surface area contributed by atoms with Gasteiger partial charge in [0, 0.05) is 19.1 Å². The van der Waals surface area contributed by atoms with Gasteiger partial charge in [-0.1, -0.05) is 18.7 Å². The Morgan fingerprint density at radius 3 is 2.82 bits per heavy atom. The summed E-state index contributed by atoms with van der Waals surface area (Å²) >= 11 is 1.39. The third kappa shape index (κ3) is 3.45. The minimum atomic E-state index is -0.183. The number of imidazole rings is 1. The first-order valence-electron chi connectivity index (χ1n) is 11.4. The fourth-order valence-corrected chi connectivity index (χ4v) is 6.25. The Hall–Kier alpha value is -3.65. The van der Waals surface area contributed by atoms with Crippen LogP contribution < -0.4 is 5.32 Å². The van der Waals surface area contributed by atoms with Gasteiger partial charge in [-0.2, -0.15) is 0 Å². The first-order valence-corrected chi connectivity index (χ1v) is 12.2. The molecule has 4 aromatic rings. The van der Waals surface area contributed by atoms with Crippen LogP contribution in [0.5, 0.6) is 0 Å². The molecule has 4 heterocycles. The van der Waals surface area contributed by atoms with E-state index in [1.165, 1.54) is 17.4 Å². The molecule has 0 atom stereocenters. The number of likely N-dealkylation sites (tertiary alicyclic amines) is 1. The van der Waals surface area contributed by atoms with E-state index in [9.17, 15) is 9.59 Å². The Morgan fingerprint density at radius 2 is 2.03 bits per heavy atom. The van der Waals surface area contributed by atoms with Gasteiger partial charge >= 0.3 is 0 Å². The molecule has 1 aromatic carbocycles. The predicted octanol–water partition coefficient (Wildman–Crippen LogP) is 5.35. The van der Waals surface area contributed by atoms with Crippen LogP contribution in [0, 0.1) is 5.41 Å². The first-order chi connectivity index (χ1) is 16.5. The Labute approximate surface area is 200 Å². The fourth-order valence-electron chi connectivity index (χ4n) is 5.38. The Bertz CT molecular complexity index is 1390. The Balaban J connectivity index is 1.25. The summed E-state index contributed by atoms with van der Waals surface area (Å²) in [4.78, 5) is 33.3. The second kappa shape index (κ2) is 7.99. The van der Waals surface area contributed by atoms with Crippen LogP contribution in [0.25, 0.3) is 21.7 Å². The van der Waals surface area contributed by atoms with Crippen LogP contribution in [0.1, 0.15) is 35.0 Å². The number of para-hydroxylation sites is 2. The maximum absolute atomic E-state index is 13.1. The summed E-state index contributed by atoms with van der Waals surface area (Å²) in [5, 5.41) is 3.05. The molecular formula is C26H24N4O3S. The van der Waals surface area contributed by atoms with Gasteiger partial charge in [-0.05, 0) is 67.2 Å². The maximum Gasteiger partial charge on any atom is 0.268 e. The molecule has 172 valence electrons. The molecule has 7 nitrogen and oxygen atoms in total. The smallest absolute Gasteiger partial charge is 0.268 e. The van der Waals surface area contributed by atoms with Gasteiger partial charge in [0.1, 0.15) is 5.76 Å². The summed E-state index contributed by atoms with van der Waals surface area (Å²) in [5.74, 6) is 1.14. The number of carbonyl (C=O) groups excluding carboxylic acids is 2. The molecule has 8 heteroatoms. The summed E-state index contributed by atoms with van der Waals surface area (Å²) in [6.07, 6.45) is 5.94. The van der Waals surface area contributed by atoms with Crippen LogP contribution in [0.3, 0.4) is 0 Å². The largest absolute Gasteiger partial charge is 0.464 e. The highest BCUT2D eigenvalue weighted by Gasteiger charge is 2.50. The van der Waals surface area contributed by atoms with E-state index in [0.29, 0.717) is 10.8 Å². The quantitative estimate of drug-likeness (QED) is 0.397. The number of nitrogens with zero attached hydrogens (tertiary/aromatic N) is 3. The summed E-state index contributed by atoms with van der Waals surface area (Å²) in [6, 6.07) is 15.6. The molecule has 1 saturated carbocycles. The van der Waals surface area contributed by atoms with Gasteiger partial charge in [0.05, 0.1) is 27.1 Å². The molecule has 1 aliphatic carbocycles. The van der Waals surface area contributed by atoms with Gasteiger partial charge in [0.2, 0.25) is 11.9 Å². The number of hydrogen-bond acceptors (Lipinski definition) is 5. The van der Waals surface area contributed by atoms with Crippen molar-refractivity contribution in [3.63, 3.8) is 0 Å². The Kier molecular flexibility index (Phi) is 4.91. The predicted molar refractivity (Wildman–Crippen MR) is 132 cm³/mol. The number of rotatable bonds is 5. The molecule has 2 amide bonds. The van der Waals surface area contributed by atoms with E-state index in [1.54, 1.807) is 6.26 Å². The monoisotopic (exact) mass is 472 g/mol. The lowest BCUT2D eigenvalue weighted by Gasteiger charge is -2.46. The number of furan rings is 1. The highest BCUT2D eigenvalue weighted by Crippen LogP contribution is 2.55. The van der Waals surface area contributed by atoms with Crippen molar-refractivity contribution >= 4 is 40.1 Å². The summed E-state index contributed by atoms with van der Waals surface area (Å²) in [6.45, 7) is 5.17. The number of hydrogen-bond donors (Lipinski definition) is 1. The summed E-state index contributed by atoms with van der Waals surface area (Å²) in [5.41, 5.74) is 2.01. The minimum absolute atomic E-state index is 0.00576. The molecule has 6 rings (SSSR count). The topological polar surface area (TPSA) is 80.4 Å². The third-order valence-corrected chi connectivity index (χ3v) is 8.14. The highest BCUT2D eigenvalue weighted by molar-refractivity contribution is 7.17. The van der Waals surface area contributed by atoms with Crippen LogP contribution in [0.4, 0.5) is 5.95 Å². The molecule has 1 aliphatic heterocycles. The summed E-state index contributed by atoms with van der Waals surface area (Å²) < 4.78 is 7.62. The lowest BCUT2D eigenvalue weighted by Crippen LogP contribution is -2.42. The van der Waals surface area contributed by atoms with Crippen molar-refractivity contribution in [2.75, 3.05) is 18.4 Å². The van der Waals surface area contributed by atoms with Gasteiger partial charge in [0.25, 0.3) is 5.91 Å². The van der Waals surface area contributed by atoms with Crippen LogP contribution in [-0.4, -0.2) is 39.4 Å². The number of benzene rings is 1. The van der Waals surface area contributed by atoms with Crippen molar-refractivity contribution in [3.8, 4) is 10.6 Å². The number of amides is 2. The molecule has 34 heavy (non-hydrogen) atoms. The van der Waals surface area contributed by atoms with Gasteiger partial charge in [0.15, 0.2) is 0 Å². The number of carbonyl (C=O) groups is 2. The van der Waals surface area contributed by atoms with E-state index < -0.39 is 0 Å². The number of thiophene rings is 1. The van der Waals surface area contributed by atoms with Gasteiger partial charge in [-0.15, -0.1) is 11.3 Å². The van der Waals surface area contributed by atoms with E-state index in [4.69, 9.17) is 9.40 Å². The average Bonchev–Trinajstić information content (AvgIpc) is 3.62.